The van der Waals surface area contributed by atoms with Gasteiger partial charge in [0.05, 0.1) is 5.56 Å². The summed E-state index contributed by atoms with van der Waals surface area (Å²) in [5, 5.41) is 9.89. The molecule has 0 unspecified atom stereocenters. The molecule has 0 bridgehead atoms. The van der Waals surface area contributed by atoms with E-state index < -0.39 is 5.97 Å². The quantitative estimate of drug-likeness (QED) is 0.849. The van der Waals surface area contributed by atoms with Crippen molar-refractivity contribution in [2.75, 3.05) is 5.33 Å². The van der Waals surface area contributed by atoms with Gasteiger partial charge in [0.1, 0.15) is 0 Å². The van der Waals surface area contributed by atoms with Crippen molar-refractivity contribution in [1.29, 1.82) is 0 Å². The number of carbonyl (C=O) groups is 1. The maximum absolute atomic E-state index is 11.0. The SMILES string of the molecule is Cc1ccc(C=CCCBr)c(C(=O)O)c1. The van der Waals surface area contributed by atoms with Gasteiger partial charge in [0.25, 0.3) is 0 Å². The van der Waals surface area contributed by atoms with Crippen LogP contribution in [-0.2, 0) is 0 Å². The Morgan fingerprint density at radius 3 is 2.87 bits per heavy atom. The van der Waals surface area contributed by atoms with E-state index in [0.717, 1.165) is 22.9 Å². The van der Waals surface area contributed by atoms with Crippen LogP contribution in [0.2, 0.25) is 0 Å². The molecule has 0 spiro atoms. The fraction of sp³-hybridized carbons (Fsp3) is 0.250. The fourth-order valence-corrected chi connectivity index (χ4v) is 1.54. The van der Waals surface area contributed by atoms with E-state index in [4.69, 9.17) is 5.11 Å². The summed E-state index contributed by atoms with van der Waals surface area (Å²) in [7, 11) is 0. The van der Waals surface area contributed by atoms with Gasteiger partial charge in [0, 0.05) is 5.33 Å². The molecular formula is C12H13BrO2. The molecule has 0 atom stereocenters. The zero-order valence-electron chi connectivity index (χ0n) is 8.53. The Morgan fingerprint density at radius 1 is 1.53 bits per heavy atom. The van der Waals surface area contributed by atoms with E-state index >= 15 is 0 Å². The molecular weight excluding hydrogens is 256 g/mol. The lowest BCUT2D eigenvalue weighted by molar-refractivity contribution is 0.0696. The summed E-state index contributed by atoms with van der Waals surface area (Å²) in [6, 6.07) is 5.44. The standard InChI is InChI=1S/C12H13BrO2/c1-9-5-6-10(4-2-3-7-13)11(8-9)12(14)15/h2,4-6,8H,3,7H2,1H3,(H,14,15). The lowest BCUT2D eigenvalue weighted by Crippen LogP contribution is -1.99. The largest absolute Gasteiger partial charge is 0.478 e. The van der Waals surface area contributed by atoms with Crippen molar-refractivity contribution < 1.29 is 9.90 Å². The van der Waals surface area contributed by atoms with Crippen LogP contribution in [0.4, 0.5) is 0 Å². The van der Waals surface area contributed by atoms with Crippen molar-refractivity contribution in [2.45, 2.75) is 13.3 Å². The number of aromatic carboxylic acids is 1. The normalized spacial score (nSPS) is 10.8. The molecule has 1 aromatic rings. The van der Waals surface area contributed by atoms with Crippen LogP contribution in [0.1, 0.15) is 27.9 Å². The molecule has 0 amide bonds. The van der Waals surface area contributed by atoms with E-state index in [9.17, 15) is 4.79 Å². The molecule has 0 saturated heterocycles. The molecule has 1 N–H and O–H groups in total. The molecule has 0 aliphatic heterocycles. The van der Waals surface area contributed by atoms with Gasteiger partial charge < -0.3 is 5.11 Å². The van der Waals surface area contributed by atoms with E-state index in [1.165, 1.54) is 0 Å². The van der Waals surface area contributed by atoms with Crippen LogP contribution in [-0.4, -0.2) is 16.4 Å². The Hall–Kier alpha value is -1.09. The van der Waals surface area contributed by atoms with Crippen molar-refractivity contribution in [3.8, 4) is 0 Å². The second-order valence-electron chi connectivity index (χ2n) is 3.28. The van der Waals surface area contributed by atoms with Crippen molar-refractivity contribution in [3.05, 3.63) is 41.0 Å². The third-order valence-corrected chi connectivity index (χ3v) is 2.47. The van der Waals surface area contributed by atoms with E-state index in [1.54, 1.807) is 6.07 Å². The number of carboxylic acids is 1. The zero-order chi connectivity index (χ0) is 11.3. The molecule has 0 aliphatic rings. The molecule has 1 aromatic carbocycles. The predicted molar refractivity (Wildman–Crippen MR) is 65.6 cm³/mol. The average molecular weight is 269 g/mol. The highest BCUT2D eigenvalue weighted by molar-refractivity contribution is 9.09. The number of rotatable bonds is 4. The summed E-state index contributed by atoms with van der Waals surface area (Å²) in [6.07, 6.45) is 4.71. The minimum Gasteiger partial charge on any atom is -0.478 e. The lowest BCUT2D eigenvalue weighted by Gasteiger charge is -2.02. The molecule has 0 aliphatic carbocycles. The Balaban J connectivity index is 3.01. The van der Waals surface area contributed by atoms with Crippen LogP contribution in [0.5, 0.6) is 0 Å². The average Bonchev–Trinajstić information content (AvgIpc) is 2.20. The van der Waals surface area contributed by atoms with Crippen molar-refractivity contribution in [1.82, 2.24) is 0 Å². The molecule has 0 saturated carbocycles. The third kappa shape index (κ3) is 3.51. The maximum Gasteiger partial charge on any atom is 0.336 e. The highest BCUT2D eigenvalue weighted by Gasteiger charge is 2.07. The number of aryl methyl sites for hydroxylation is 1. The first-order chi connectivity index (χ1) is 7.15. The van der Waals surface area contributed by atoms with Crippen molar-refractivity contribution in [3.63, 3.8) is 0 Å². The number of benzene rings is 1. The number of halogens is 1. The number of allylic oxidation sites excluding steroid dienone is 1. The summed E-state index contributed by atoms with van der Waals surface area (Å²) in [5.74, 6) is -0.878. The second kappa shape index (κ2) is 5.71. The molecule has 1 rings (SSSR count). The monoisotopic (exact) mass is 268 g/mol. The molecule has 0 radical (unpaired) electrons. The van der Waals surface area contributed by atoms with E-state index in [1.807, 2.05) is 31.2 Å². The Kier molecular flexibility index (Phi) is 4.56. The molecule has 3 heteroatoms. The molecule has 15 heavy (non-hydrogen) atoms. The van der Waals surface area contributed by atoms with Gasteiger partial charge in [-0.3, -0.25) is 0 Å². The first kappa shape index (κ1) is 12.0. The summed E-state index contributed by atoms with van der Waals surface area (Å²) in [5.41, 5.74) is 2.08. The summed E-state index contributed by atoms with van der Waals surface area (Å²) in [6.45, 7) is 1.89. The fourth-order valence-electron chi connectivity index (χ4n) is 1.27. The molecule has 2 nitrogen and oxygen atoms in total. The molecule has 0 aromatic heterocycles. The Bertz CT molecular complexity index is 383. The maximum atomic E-state index is 11.0. The minimum absolute atomic E-state index is 0.362. The van der Waals surface area contributed by atoms with E-state index in [2.05, 4.69) is 15.9 Å². The summed E-state index contributed by atoms with van der Waals surface area (Å²) >= 11 is 3.31. The van der Waals surface area contributed by atoms with Crippen molar-refractivity contribution in [2.24, 2.45) is 0 Å². The van der Waals surface area contributed by atoms with Gasteiger partial charge in [-0.1, -0.05) is 45.8 Å². The second-order valence-corrected chi connectivity index (χ2v) is 4.07. The first-order valence-corrected chi connectivity index (χ1v) is 5.83. The lowest BCUT2D eigenvalue weighted by atomic mass is 10.0. The van der Waals surface area contributed by atoms with Gasteiger partial charge >= 0.3 is 5.97 Å². The zero-order valence-corrected chi connectivity index (χ0v) is 10.1. The Labute approximate surface area is 97.8 Å². The highest BCUT2D eigenvalue weighted by Crippen LogP contribution is 2.14. The van der Waals surface area contributed by atoms with Crippen molar-refractivity contribution >= 4 is 28.0 Å². The van der Waals surface area contributed by atoms with Gasteiger partial charge in [-0.05, 0) is 25.0 Å². The number of carboxylic acid groups (broad SMARTS) is 1. The van der Waals surface area contributed by atoms with Crippen LogP contribution in [0.15, 0.2) is 24.3 Å². The molecule has 0 fully saturated rings. The van der Waals surface area contributed by atoms with Crippen LogP contribution in [0.25, 0.3) is 6.08 Å². The summed E-state index contributed by atoms with van der Waals surface area (Å²) < 4.78 is 0. The van der Waals surface area contributed by atoms with Gasteiger partial charge in [-0.25, -0.2) is 4.79 Å². The first-order valence-electron chi connectivity index (χ1n) is 4.71. The van der Waals surface area contributed by atoms with E-state index in [-0.39, 0.29) is 0 Å². The van der Waals surface area contributed by atoms with Crippen LogP contribution >= 0.6 is 15.9 Å². The topological polar surface area (TPSA) is 37.3 Å². The predicted octanol–water partition coefficient (Wildman–Crippen LogP) is 3.49. The molecule has 0 heterocycles. The van der Waals surface area contributed by atoms with Gasteiger partial charge in [-0.15, -0.1) is 0 Å². The van der Waals surface area contributed by atoms with Gasteiger partial charge in [0.2, 0.25) is 0 Å². The van der Waals surface area contributed by atoms with Crippen LogP contribution < -0.4 is 0 Å². The van der Waals surface area contributed by atoms with Gasteiger partial charge in [-0.2, -0.15) is 0 Å². The number of hydrogen-bond donors (Lipinski definition) is 1. The summed E-state index contributed by atoms with van der Waals surface area (Å²) in [4.78, 5) is 11.0. The smallest absolute Gasteiger partial charge is 0.336 e. The van der Waals surface area contributed by atoms with Gasteiger partial charge in [0.15, 0.2) is 0 Å². The third-order valence-electron chi connectivity index (χ3n) is 2.01. The molecule has 80 valence electrons. The van der Waals surface area contributed by atoms with Crippen LogP contribution in [0.3, 0.4) is 0 Å². The van der Waals surface area contributed by atoms with E-state index in [0.29, 0.717) is 5.56 Å². The minimum atomic E-state index is -0.878. The number of alkyl halides is 1. The Morgan fingerprint density at radius 2 is 2.27 bits per heavy atom. The highest BCUT2D eigenvalue weighted by atomic mass is 79.9. The van der Waals surface area contributed by atoms with Crippen LogP contribution in [0, 0.1) is 6.92 Å². The number of hydrogen-bond acceptors (Lipinski definition) is 1.